The average Bonchev–Trinajstić information content (AvgIpc) is 2.33. The molecule has 22 heavy (non-hydrogen) atoms. The molecule has 0 bridgehead atoms. The van der Waals surface area contributed by atoms with E-state index in [1.165, 1.54) is 26.8 Å². The van der Waals surface area contributed by atoms with Crippen LogP contribution in [0.2, 0.25) is 0 Å². The van der Waals surface area contributed by atoms with Crippen LogP contribution in [0.3, 0.4) is 0 Å². The van der Waals surface area contributed by atoms with Crippen LogP contribution in [0.5, 0.6) is 0 Å². The van der Waals surface area contributed by atoms with Gasteiger partial charge in [0.1, 0.15) is 6.67 Å². The molecule has 0 radical (unpaired) electrons. The lowest BCUT2D eigenvalue weighted by Gasteiger charge is -2.18. The molecule has 1 aromatic rings. The summed E-state index contributed by atoms with van der Waals surface area (Å²) >= 11 is 0. The van der Waals surface area contributed by atoms with Gasteiger partial charge in [-0.15, -0.1) is 0 Å². The third-order valence-corrected chi connectivity index (χ3v) is 5.09. The quantitative estimate of drug-likeness (QED) is 0.619. The lowest BCUT2D eigenvalue weighted by Crippen LogP contribution is -2.27. The normalized spacial score (nSPS) is 14.3. The molecule has 0 atom stereocenters. The Morgan fingerprint density at radius 1 is 1.18 bits per heavy atom. The van der Waals surface area contributed by atoms with Gasteiger partial charge in [0.2, 0.25) is 0 Å². The SMILES string of the molecule is Cc1c(/C(CF)=N/S(=O)(=O)C(C)(C)C)cccc1C(F)(F)F. The van der Waals surface area contributed by atoms with Crippen LogP contribution < -0.4 is 0 Å². The fourth-order valence-electron chi connectivity index (χ4n) is 1.68. The molecular formula is C14H17F4NO2S. The van der Waals surface area contributed by atoms with E-state index in [9.17, 15) is 26.0 Å². The molecule has 0 aliphatic carbocycles. The Labute approximate surface area is 127 Å². The van der Waals surface area contributed by atoms with Gasteiger partial charge in [-0.05, 0) is 39.3 Å². The molecule has 3 nitrogen and oxygen atoms in total. The van der Waals surface area contributed by atoms with Crippen LogP contribution in [-0.4, -0.2) is 25.6 Å². The average molecular weight is 339 g/mol. The van der Waals surface area contributed by atoms with Crippen LogP contribution in [0.4, 0.5) is 17.6 Å². The van der Waals surface area contributed by atoms with E-state index in [1.54, 1.807) is 0 Å². The Kier molecular flexibility index (Phi) is 5.06. The van der Waals surface area contributed by atoms with E-state index >= 15 is 0 Å². The summed E-state index contributed by atoms with van der Waals surface area (Å²) in [5.41, 5.74) is -1.89. The molecule has 1 rings (SSSR count). The Hall–Kier alpha value is -1.44. The van der Waals surface area contributed by atoms with Crippen molar-refractivity contribution in [3.05, 3.63) is 34.9 Å². The van der Waals surface area contributed by atoms with Gasteiger partial charge < -0.3 is 0 Å². The van der Waals surface area contributed by atoms with Crippen molar-refractivity contribution < 1.29 is 26.0 Å². The van der Waals surface area contributed by atoms with E-state index in [0.717, 1.165) is 19.1 Å². The van der Waals surface area contributed by atoms with Crippen LogP contribution in [0.25, 0.3) is 0 Å². The molecule has 124 valence electrons. The Morgan fingerprint density at radius 3 is 2.14 bits per heavy atom. The van der Waals surface area contributed by atoms with Crippen molar-refractivity contribution in [2.24, 2.45) is 4.40 Å². The molecule has 0 aliphatic rings. The minimum absolute atomic E-state index is 0.162. The van der Waals surface area contributed by atoms with E-state index in [-0.39, 0.29) is 11.1 Å². The van der Waals surface area contributed by atoms with E-state index in [1.807, 2.05) is 0 Å². The van der Waals surface area contributed by atoms with Crippen molar-refractivity contribution in [1.29, 1.82) is 0 Å². The highest BCUT2D eigenvalue weighted by Crippen LogP contribution is 2.33. The second-order valence-corrected chi connectivity index (χ2v) is 8.09. The van der Waals surface area contributed by atoms with Crippen LogP contribution in [-0.2, 0) is 16.2 Å². The van der Waals surface area contributed by atoms with Gasteiger partial charge in [-0.2, -0.15) is 17.6 Å². The molecule has 0 amide bonds. The third-order valence-electron chi connectivity index (χ3n) is 3.08. The lowest BCUT2D eigenvalue weighted by molar-refractivity contribution is -0.138. The minimum Gasteiger partial charge on any atom is -0.244 e. The summed E-state index contributed by atoms with van der Waals surface area (Å²) in [4.78, 5) is 0. The van der Waals surface area contributed by atoms with Crippen LogP contribution in [0, 0.1) is 6.92 Å². The maximum absolute atomic E-state index is 13.2. The summed E-state index contributed by atoms with van der Waals surface area (Å²) < 4.78 is 78.0. The summed E-state index contributed by atoms with van der Waals surface area (Å²) in [6.45, 7) is 4.01. The molecule has 0 aromatic heterocycles. The van der Waals surface area contributed by atoms with Crippen molar-refractivity contribution in [3.63, 3.8) is 0 Å². The number of hydrogen-bond acceptors (Lipinski definition) is 2. The van der Waals surface area contributed by atoms with Gasteiger partial charge in [0.25, 0.3) is 10.0 Å². The second kappa shape index (κ2) is 5.98. The topological polar surface area (TPSA) is 46.5 Å². The number of sulfonamides is 1. The fraction of sp³-hybridized carbons (Fsp3) is 0.500. The number of rotatable bonds is 3. The molecule has 1 aromatic carbocycles. The fourth-order valence-corrected chi connectivity index (χ4v) is 2.39. The number of nitrogens with zero attached hydrogens (tertiary/aromatic N) is 1. The molecule has 0 fully saturated rings. The van der Waals surface area contributed by atoms with Gasteiger partial charge in [-0.1, -0.05) is 12.1 Å². The summed E-state index contributed by atoms with van der Waals surface area (Å²) in [6.07, 6.45) is -4.61. The number of halogens is 4. The smallest absolute Gasteiger partial charge is 0.244 e. The molecular weight excluding hydrogens is 322 g/mol. The first-order valence-corrected chi connectivity index (χ1v) is 7.82. The molecule has 0 saturated heterocycles. The summed E-state index contributed by atoms with van der Waals surface area (Å²) in [5.74, 6) is 0. The molecule has 0 spiro atoms. The lowest BCUT2D eigenvalue weighted by atomic mass is 9.99. The zero-order valence-corrected chi connectivity index (χ0v) is 13.4. The zero-order valence-electron chi connectivity index (χ0n) is 12.6. The maximum atomic E-state index is 13.2. The number of hydrogen-bond donors (Lipinski definition) is 0. The first-order valence-electron chi connectivity index (χ1n) is 6.38. The molecule has 0 unspecified atom stereocenters. The highest BCUT2D eigenvalue weighted by molar-refractivity contribution is 7.91. The summed E-state index contributed by atoms with van der Waals surface area (Å²) in [5, 5.41) is 0. The zero-order chi connectivity index (χ0) is 17.3. The Balaban J connectivity index is 3.53. The predicted molar refractivity (Wildman–Crippen MR) is 77.4 cm³/mol. The maximum Gasteiger partial charge on any atom is 0.416 e. The van der Waals surface area contributed by atoms with Gasteiger partial charge in [0, 0.05) is 5.56 Å². The standard InChI is InChI=1S/C14H17F4NO2S/c1-9-10(6-5-7-11(9)14(16,17)18)12(8-15)19-22(20,21)13(2,3)4/h5-7H,8H2,1-4H3/b19-12+. The first-order chi connectivity index (χ1) is 9.81. The van der Waals surface area contributed by atoms with E-state index in [2.05, 4.69) is 4.40 Å². The molecule has 0 saturated carbocycles. The Morgan fingerprint density at radius 2 is 1.73 bits per heavy atom. The summed E-state index contributed by atoms with van der Waals surface area (Å²) in [6, 6.07) is 3.17. The van der Waals surface area contributed by atoms with E-state index in [4.69, 9.17) is 0 Å². The number of benzene rings is 1. The van der Waals surface area contributed by atoms with Crippen molar-refractivity contribution in [2.45, 2.75) is 38.6 Å². The van der Waals surface area contributed by atoms with Gasteiger partial charge >= 0.3 is 6.18 Å². The number of alkyl halides is 4. The largest absolute Gasteiger partial charge is 0.416 e. The van der Waals surface area contributed by atoms with Crippen molar-refractivity contribution in [1.82, 2.24) is 0 Å². The van der Waals surface area contributed by atoms with Crippen LogP contribution >= 0.6 is 0 Å². The second-order valence-electron chi connectivity index (χ2n) is 5.73. The van der Waals surface area contributed by atoms with Crippen LogP contribution in [0.15, 0.2) is 22.6 Å². The molecule has 0 heterocycles. The highest BCUT2D eigenvalue weighted by atomic mass is 32.2. The predicted octanol–water partition coefficient (Wildman–Crippen LogP) is 3.90. The van der Waals surface area contributed by atoms with Gasteiger partial charge in [-0.25, -0.2) is 12.8 Å². The monoisotopic (exact) mass is 339 g/mol. The highest BCUT2D eigenvalue weighted by Gasteiger charge is 2.34. The molecule has 0 N–H and O–H groups in total. The third kappa shape index (κ3) is 3.85. The van der Waals surface area contributed by atoms with Crippen LogP contribution in [0.1, 0.15) is 37.5 Å². The Bertz CT molecular complexity index is 686. The summed E-state index contributed by atoms with van der Waals surface area (Å²) in [7, 11) is -4.06. The van der Waals surface area contributed by atoms with E-state index in [0.29, 0.717) is 0 Å². The molecule has 0 aliphatic heterocycles. The van der Waals surface area contributed by atoms with Crippen molar-refractivity contribution >= 4 is 15.7 Å². The van der Waals surface area contributed by atoms with Gasteiger partial charge in [0.15, 0.2) is 0 Å². The minimum atomic E-state index is -4.61. The first kappa shape index (κ1) is 18.6. The van der Waals surface area contributed by atoms with Gasteiger partial charge in [-0.3, -0.25) is 0 Å². The van der Waals surface area contributed by atoms with Crippen molar-refractivity contribution in [2.75, 3.05) is 6.67 Å². The van der Waals surface area contributed by atoms with Gasteiger partial charge in [0.05, 0.1) is 16.0 Å². The van der Waals surface area contributed by atoms with E-state index < -0.39 is 38.9 Å². The van der Waals surface area contributed by atoms with Crippen molar-refractivity contribution in [3.8, 4) is 0 Å². The molecule has 8 heteroatoms.